The summed E-state index contributed by atoms with van der Waals surface area (Å²) in [5.74, 6) is 1.77. The first kappa shape index (κ1) is 10.3. The molecule has 4 atom stereocenters. The number of allylic oxidation sites excluding steroid dienone is 2. The number of rotatable bonds is 1. The summed E-state index contributed by atoms with van der Waals surface area (Å²) in [5, 5.41) is 0. The number of aldehydes is 1. The van der Waals surface area contributed by atoms with E-state index >= 15 is 0 Å². The van der Waals surface area contributed by atoms with E-state index in [2.05, 4.69) is 33.8 Å². The second kappa shape index (κ2) is 2.29. The summed E-state index contributed by atoms with van der Waals surface area (Å²) in [4.78, 5) is 11.3. The molecule has 4 saturated carbocycles. The Morgan fingerprint density at radius 3 is 2.59 bits per heavy atom. The molecule has 4 fully saturated rings. The Hall–Kier alpha value is -0.590. The van der Waals surface area contributed by atoms with Crippen LogP contribution in [-0.2, 0) is 4.79 Å². The minimum absolute atomic E-state index is 0.325. The molecule has 1 heteroatoms. The Kier molecular flexibility index (Phi) is 1.39. The van der Waals surface area contributed by atoms with Gasteiger partial charge in [-0.1, -0.05) is 33.8 Å². The van der Waals surface area contributed by atoms with Crippen molar-refractivity contribution in [2.24, 2.45) is 33.5 Å². The average molecular weight is 230 g/mol. The molecule has 4 bridgehead atoms. The van der Waals surface area contributed by atoms with Gasteiger partial charge in [0.2, 0.25) is 0 Å². The molecule has 2 spiro atoms. The van der Waals surface area contributed by atoms with Crippen LogP contribution in [0.25, 0.3) is 0 Å². The summed E-state index contributed by atoms with van der Waals surface area (Å²) in [5.41, 5.74) is 2.74. The van der Waals surface area contributed by atoms with Crippen LogP contribution in [-0.4, -0.2) is 6.29 Å². The van der Waals surface area contributed by atoms with Crippen molar-refractivity contribution >= 4 is 6.29 Å². The highest BCUT2D eigenvalue weighted by Crippen LogP contribution is 2.98. The maximum atomic E-state index is 11.3. The number of hydrogen-bond acceptors (Lipinski definition) is 1. The van der Waals surface area contributed by atoms with E-state index < -0.39 is 0 Å². The maximum absolute atomic E-state index is 11.3. The third-order valence-electron chi connectivity index (χ3n) is 7.39. The van der Waals surface area contributed by atoms with Crippen LogP contribution in [0.3, 0.4) is 0 Å². The molecule has 0 N–H and O–H groups in total. The van der Waals surface area contributed by atoms with Gasteiger partial charge in [-0.05, 0) is 52.9 Å². The minimum atomic E-state index is 0.325. The van der Waals surface area contributed by atoms with Gasteiger partial charge in [0.15, 0.2) is 0 Å². The van der Waals surface area contributed by atoms with Gasteiger partial charge in [0.05, 0.1) is 0 Å². The van der Waals surface area contributed by atoms with E-state index in [0.29, 0.717) is 21.7 Å². The van der Waals surface area contributed by atoms with Gasteiger partial charge < -0.3 is 0 Å². The molecule has 4 unspecified atom stereocenters. The van der Waals surface area contributed by atoms with Crippen LogP contribution in [0.5, 0.6) is 0 Å². The number of carbonyl (C=O) groups is 1. The van der Waals surface area contributed by atoms with Crippen LogP contribution in [0.2, 0.25) is 0 Å². The van der Waals surface area contributed by atoms with Crippen molar-refractivity contribution < 1.29 is 4.79 Å². The fourth-order valence-corrected chi connectivity index (χ4v) is 6.82. The van der Waals surface area contributed by atoms with Gasteiger partial charge in [0.1, 0.15) is 6.29 Å². The summed E-state index contributed by atoms with van der Waals surface area (Å²) in [6, 6.07) is 0. The molecule has 0 heterocycles. The standard InChI is InChI=1S/C16H22O/c1-13(2)6-10(9-17)7-16-12-5-11(14(16,3)4)8-15(12,13)16/h7,9,11-12H,5-6,8H2,1-4H3. The SMILES string of the molecule is CC1(C)CC(C=O)=CC23C4CC(CC412)C3(C)C. The van der Waals surface area contributed by atoms with Crippen LogP contribution in [0, 0.1) is 33.5 Å². The molecular weight excluding hydrogens is 208 g/mol. The first-order chi connectivity index (χ1) is 7.83. The molecular formula is C16H22O. The number of hydrogen-bond donors (Lipinski definition) is 0. The summed E-state index contributed by atoms with van der Waals surface area (Å²) in [6.45, 7) is 9.71. The topological polar surface area (TPSA) is 17.1 Å². The van der Waals surface area contributed by atoms with Crippen LogP contribution < -0.4 is 0 Å². The minimum Gasteiger partial charge on any atom is -0.298 e. The Morgan fingerprint density at radius 1 is 1.29 bits per heavy atom. The van der Waals surface area contributed by atoms with E-state index in [0.717, 1.165) is 30.1 Å². The quantitative estimate of drug-likeness (QED) is 0.629. The lowest BCUT2D eigenvalue weighted by Gasteiger charge is -2.42. The summed E-state index contributed by atoms with van der Waals surface area (Å²) >= 11 is 0. The first-order valence-electron chi connectivity index (χ1n) is 7.00. The average Bonchev–Trinajstić information content (AvgIpc) is 2.54. The molecule has 17 heavy (non-hydrogen) atoms. The molecule has 5 rings (SSSR count). The molecule has 0 saturated heterocycles. The van der Waals surface area contributed by atoms with Crippen LogP contribution in [0.1, 0.15) is 47.0 Å². The Balaban J connectivity index is 1.99. The van der Waals surface area contributed by atoms with Gasteiger partial charge >= 0.3 is 0 Å². The van der Waals surface area contributed by atoms with Gasteiger partial charge in [-0.25, -0.2) is 0 Å². The monoisotopic (exact) mass is 230 g/mol. The Bertz CT molecular complexity index is 470. The van der Waals surface area contributed by atoms with Crippen LogP contribution in [0.15, 0.2) is 11.6 Å². The zero-order valence-electron chi connectivity index (χ0n) is 11.3. The van der Waals surface area contributed by atoms with Gasteiger partial charge in [-0.15, -0.1) is 0 Å². The smallest absolute Gasteiger partial charge is 0.145 e. The lowest BCUT2D eigenvalue weighted by atomic mass is 9.62. The van der Waals surface area contributed by atoms with Crippen molar-refractivity contribution in [2.75, 3.05) is 0 Å². The van der Waals surface area contributed by atoms with Crippen molar-refractivity contribution in [1.82, 2.24) is 0 Å². The molecule has 0 aromatic carbocycles. The highest BCUT2D eigenvalue weighted by molar-refractivity contribution is 5.76. The zero-order valence-corrected chi connectivity index (χ0v) is 11.3. The van der Waals surface area contributed by atoms with E-state index in [1.165, 1.54) is 12.8 Å². The van der Waals surface area contributed by atoms with E-state index in [-0.39, 0.29) is 0 Å². The summed E-state index contributed by atoms with van der Waals surface area (Å²) in [6.07, 6.45) is 7.35. The van der Waals surface area contributed by atoms with E-state index in [1.807, 2.05) is 0 Å². The Morgan fingerprint density at radius 2 is 2.00 bits per heavy atom. The van der Waals surface area contributed by atoms with E-state index in [9.17, 15) is 4.79 Å². The molecule has 0 aromatic rings. The van der Waals surface area contributed by atoms with Crippen LogP contribution in [0.4, 0.5) is 0 Å². The van der Waals surface area contributed by atoms with Crippen molar-refractivity contribution in [1.29, 1.82) is 0 Å². The van der Waals surface area contributed by atoms with Crippen molar-refractivity contribution in [3.63, 3.8) is 0 Å². The molecule has 5 aliphatic carbocycles. The highest BCUT2D eigenvalue weighted by atomic mass is 16.1. The van der Waals surface area contributed by atoms with Crippen molar-refractivity contribution in [3.05, 3.63) is 11.6 Å². The highest BCUT2D eigenvalue weighted by Gasteiger charge is 2.93. The largest absolute Gasteiger partial charge is 0.298 e. The fourth-order valence-electron chi connectivity index (χ4n) is 6.82. The lowest BCUT2D eigenvalue weighted by molar-refractivity contribution is -0.105. The van der Waals surface area contributed by atoms with Gasteiger partial charge in [-0.3, -0.25) is 4.79 Å². The summed E-state index contributed by atoms with van der Waals surface area (Å²) < 4.78 is 0. The molecule has 92 valence electrons. The van der Waals surface area contributed by atoms with Crippen LogP contribution >= 0.6 is 0 Å². The normalized spacial score (nSPS) is 55.2. The molecule has 1 nitrogen and oxygen atoms in total. The van der Waals surface area contributed by atoms with E-state index in [1.54, 1.807) is 0 Å². The lowest BCUT2D eigenvalue weighted by Crippen LogP contribution is -2.35. The van der Waals surface area contributed by atoms with E-state index in [4.69, 9.17) is 0 Å². The van der Waals surface area contributed by atoms with Gasteiger partial charge in [-0.2, -0.15) is 0 Å². The molecule has 0 radical (unpaired) electrons. The number of carbonyl (C=O) groups excluding carboxylic acids is 1. The molecule has 0 aliphatic heterocycles. The fraction of sp³-hybridized carbons (Fsp3) is 0.812. The van der Waals surface area contributed by atoms with Gasteiger partial charge in [0, 0.05) is 5.41 Å². The third kappa shape index (κ3) is 0.689. The third-order valence-corrected chi connectivity index (χ3v) is 7.39. The van der Waals surface area contributed by atoms with Gasteiger partial charge in [0.25, 0.3) is 0 Å². The molecule has 0 amide bonds. The first-order valence-corrected chi connectivity index (χ1v) is 7.00. The van der Waals surface area contributed by atoms with Crippen molar-refractivity contribution in [2.45, 2.75) is 47.0 Å². The Labute approximate surface area is 104 Å². The second-order valence-corrected chi connectivity index (χ2v) is 8.15. The maximum Gasteiger partial charge on any atom is 0.145 e. The van der Waals surface area contributed by atoms with Crippen molar-refractivity contribution in [3.8, 4) is 0 Å². The summed E-state index contributed by atoms with van der Waals surface area (Å²) in [7, 11) is 0. The molecule has 0 aromatic heterocycles. The predicted molar refractivity (Wildman–Crippen MR) is 67.4 cm³/mol. The second-order valence-electron chi connectivity index (χ2n) is 8.15. The molecule has 5 aliphatic rings. The predicted octanol–water partition coefficient (Wildman–Crippen LogP) is 3.59. The zero-order chi connectivity index (χ0) is 12.3.